The van der Waals surface area contributed by atoms with Gasteiger partial charge < -0.3 is 10.2 Å². The van der Waals surface area contributed by atoms with E-state index in [9.17, 15) is 4.79 Å². The van der Waals surface area contributed by atoms with Crippen molar-refractivity contribution in [3.8, 4) is 0 Å². The third-order valence-corrected chi connectivity index (χ3v) is 5.13. The van der Waals surface area contributed by atoms with Crippen LogP contribution >= 0.6 is 0 Å². The molecular weight excluding hydrogens is 336 g/mol. The number of hydrogen-bond acceptors (Lipinski definition) is 4. The zero-order valence-corrected chi connectivity index (χ0v) is 16.4. The van der Waals surface area contributed by atoms with Crippen LogP contribution in [0.3, 0.4) is 0 Å². The fourth-order valence-electron chi connectivity index (χ4n) is 3.56. The Bertz CT molecular complexity index is 707. The van der Waals surface area contributed by atoms with Gasteiger partial charge in [0.1, 0.15) is 0 Å². The van der Waals surface area contributed by atoms with Gasteiger partial charge in [-0.3, -0.25) is 14.7 Å². The molecule has 0 bridgehead atoms. The summed E-state index contributed by atoms with van der Waals surface area (Å²) in [6, 6.07) is 12.1. The first kappa shape index (κ1) is 19.5. The van der Waals surface area contributed by atoms with Crippen LogP contribution in [0.1, 0.15) is 34.3 Å². The Morgan fingerprint density at radius 1 is 1.07 bits per heavy atom. The highest BCUT2D eigenvalue weighted by Gasteiger charge is 2.20. The van der Waals surface area contributed by atoms with E-state index in [-0.39, 0.29) is 5.91 Å². The fourth-order valence-corrected chi connectivity index (χ4v) is 3.56. The van der Waals surface area contributed by atoms with Crippen LogP contribution in [0, 0.1) is 5.92 Å². The van der Waals surface area contributed by atoms with Crippen molar-refractivity contribution < 1.29 is 4.79 Å². The minimum Gasteiger partial charge on any atom is -0.352 e. The molecule has 2 heterocycles. The molecule has 5 nitrogen and oxygen atoms in total. The Hall–Kier alpha value is -2.24. The van der Waals surface area contributed by atoms with Gasteiger partial charge in [-0.05, 0) is 81.3 Å². The van der Waals surface area contributed by atoms with Crippen molar-refractivity contribution in [2.24, 2.45) is 5.92 Å². The SMILES string of the molecule is CN(C)Cc1ccc(C(=O)NCC2CCN(Cc3ccncc3)CC2)cc1. The van der Waals surface area contributed by atoms with E-state index in [0.717, 1.165) is 51.1 Å². The maximum Gasteiger partial charge on any atom is 0.251 e. The third kappa shape index (κ3) is 6.15. The Kier molecular flexibility index (Phi) is 6.96. The number of likely N-dealkylation sites (tertiary alicyclic amines) is 1. The predicted octanol–water partition coefficient (Wildman–Crippen LogP) is 2.79. The minimum absolute atomic E-state index is 0.0330. The number of nitrogens with zero attached hydrogens (tertiary/aromatic N) is 3. The molecule has 3 rings (SSSR count). The first-order valence-corrected chi connectivity index (χ1v) is 9.73. The first-order chi connectivity index (χ1) is 13.1. The summed E-state index contributed by atoms with van der Waals surface area (Å²) in [4.78, 5) is 21.1. The molecule has 0 atom stereocenters. The summed E-state index contributed by atoms with van der Waals surface area (Å²) in [6.07, 6.45) is 5.97. The number of carbonyl (C=O) groups excluding carboxylic acids is 1. The molecule has 0 unspecified atom stereocenters. The van der Waals surface area contributed by atoms with Crippen LogP contribution < -0.4 is 5.32 Å². The van der Waals surface area contributed by atoms with Crippen molar-refractivity contribution in [3.63, 3.8) is 0 Å². The second-order valence-corrected chi connectivity index (χ2v) is 7.72. The van der Waals surface area contributed by atoms with Crippen LogP contribution in [0.4, 0.5) is 0 Å². The molecule has 1 aromatic heterocycles. The van der Waals surface area contributed by atoms with Crippen molar-refractivity contribution in [1.29, 1.82) is 0 Å². The number of amides is 1. The minimum atomic E-state index is 0.0330. The molecule has 1 amide bonds. The zero-order valence-electron chi connectivity index (χ0n) is 16.4. The fraction of sp³-hybridized carbons (Fsp3) is 0.455. The molecule has 0 aliphatic carbocycles. The highest BCUT2D eigenvalue weighted by atomic mass is 16.1. The Balaban J connectivity index is 1.40. The summed E-state index contributed by atoms with van der Waals surface area (Å²) in [5.74, 6) is 0.598. The van der Waals surface area contributed by atoms with Gasteiger partial charge in [-0.1, -0.05) is 12.1 Å². The van der Waals surface area contributed by atoms with E-state index in [1.165, 1.54) is 11.1 Å². The van der Waals surface area contributed by atoms with E-state index < -0.39 is 0 Å². The van der Waals surface area contributed by atoms with Crippen molar-refractivity contribution in [3.05, 3.63) is 65.5 Å². The maximum atomic E-state index is 12.4. The largest absolute Gasteiger partial charge is 0.352 e. The van der Waals surface area contributed by atoms with E-state index in [1.807, 2.05) is 50.8 Å². The molecule has 1 saturated heterocycles. The standard InChI is InChI=1S/C22H30N4O/c1-25(2)16-19-3-5-21(6-4-19)22(27)24-15-18-9-13-26(14-10-18)17-20-7-11-23-12-8-20/h3-8,11-12,18H,9-10,13-17H2,1-2H3,(H,24,27). The third-order valence-electron chi connectivity index (χ3n) is 5.13. The summed E-state index contributed by atoms with van der Waals surface area (Å²) in [5, 5.41) is 3.12. The van der Waals surface area contributed by atoms with Gasteiger partial charge in [0.15, 0.2) is 0 Å². The second kappa shape index (κ2) is 9.62. The predicted molar refractivity (Wildman–Crippen MR) is 108 cm³/mol. The highest BCUT2D eigenvalue weighted by Crippen LogP contribution is 2.18. The van der Waals surface area contributed by atoms with Crippen LogP contribution in [0.25, 0.3) is 0 Å². The van der Waals surface area contributed by atoms with Gasteiger partial charge in [0.25, 0.3) is 5.91 Å². The normalized spacial score (nSPS) is 15.8. The van der Waals surface area contributed by atoms with E-state index in [4.69, 9.17) is 0 Å². The van der Waals surface area contributed by atoms with Gasteiger partial charge in [0, 0.05) is 37.6 Å². The molecule has 2 aromatic rings. The summed E-state index contributed by atoms with van der Waals surface area (Å²) in [6.45, 7) is 4.81. The van der Waals surface area contributed by atoms with Gasteiger partial charge in [-0.15, -0.1) is 0 Å². The lowest BCUT2D eigenvalue weighted by Crippen LogP contribution is -2.38. The molecule has 144 valence electrons. The number of benzene rings is 1. The molecule has 5 heteroatoms. The topological polar surface area (TPSA) is 48.5 Å². The number of pyridine rings is 1. The molecule has 1 aliphatic heterocycles. The van der Waals surface area contributed by atoms with Crippen LogP contribution in [0.2, 0.25) is 0 Å². The second-order valence-electron chi connectivity index (χ2n) is 7.72. The van der Waals surface area contributed by atoms with Gasteiger partial charge in [0.05, 0.1) is 0 Å². The van der Waals surface area contributed by atoms with E-state index >= 15 is 0 Å². The number of carbonyl (C=O) groups is 1. The van der Waals surface area contributed by atoms with Crippen molar-refractivity contribution in [2.75, 3.05) is 33.7 Å². The lowest BCUT2D eigenvalue weighted by Gasteiger charge is -2.32. The van der Waals surface area contributed by atoms with Gasteiger partial charge in [-0.25, -0.2) is 0 Å². The van der Waals surface area contributed by atoms with Crippen LogP contribution in [0.15, 0.2) is 48.8 Å². The number of nitrogens with one attached hydrogen (secondary N) is 1. The summed E-state index contributed by atoms with van der Waals surface area (Å²) in [5.41, 5.74) is 3.28. The molecule has 1 aliphatic rings. The first-order valence-electron chi connectivity index (χ1n) is 9.73. The molecule has 0 spiro atoms. The van der Waals surface area contributed by atoms with Crippen LogP contribution in [0.5, 0.6) is 0 Å². The lowest BCUT2D eigenvalue weighted by molar-refractivity contribution is 0.0935. The molecule has 1 N–H and O–H groups in total. The maximum absolute atomic E-state index is 12.4. The van der Waals surface area contributed by atoms with Crippen molar-refractivity contribution in [1.82, 2.24) is 20.1 Å². The number of hydrogen-bond donors (Lipinski definition) is 1. The average molecular weight is 367 g/mol. The Morgan fingerprint density at radius 2 is 1.74 bits per heavy atom. The van der Waals surface area contributed by atoms with Gasteiger partial charge >= 0.3 is 0 Å². The van der Waals surface area contributed by atoms with Gasteiger partial charge in [0.2, 0.25) is 0 Å². The number of rotatable bonds is 7. The van der Waals surface area contributed by atoms with E-state index in [0.29, 0.717) is 5.92 Å². The molecule has 0 radical (unpaired) electrons. The Morgan fingerprint density at radius 3 is 2.37 bits per heavy atom. The highest BCUT2D eigenvalue weighted by molar-refractivity contribution is 5.94. The van der Waals surface area contributed by atoms with Crippen LogP contribution in [-0.4, -0.2) is 54.4 Å². The van der Waals surface area contributed by atoms with Crippen molar-refractivity contribution >= 4 is 5.91 Å². The monoisotopic (exact) mass is 366 g/mol. The molecular formula is C22H30N4O. The van der Waals surface area contributed by atoms with Crippen LogP contribution in [-0.2, 0) is 13.1 Å². The summed E-state index contributed by atoms with van der Waals surface area (Å²) < 4.78 is 0. The summed E-state index contributed by atoms with van der Waals surface area (Å²) in [7, 11) is 4.09. The lowest BCUT2D eigenvalue weighted by atomic mass is 9.96. The smallest absolute Gasteiger partial charge is 0.251 e. The average Bonchev–Trinajstić information content (AvgIpc) is 2.68. The van der Waals surface area contributed by atoms with Crippen molar-refractivity contribution in [2.45, 2.75) is 25.9 Å². The molecule has 1 fully saturated rings. The molecule has 27 heavy (non-hydrogen) atoms. The molecule has 1 aromatic carbocycles. The quantitative estimate of drug-likeness (QED) is 0.819. The number of aromatic nitrogens is 1. The zero-order chi connectivity index (χ0) is 19.1. The van der Waals surface area contributed by atoms with E-state index in [1.54, 1.807) is 0 Å². The van der Waals surface area contributed by atoms with E-state index in [2.05, 4.69) is 32.2 Å². The summed E-state index contributed by atoms with van der Waals surface area (Å²) >= 11 is 0. The molecule has 0 saturated carbocycles. The van der Waals surface area contributed by atoms with Gasteiger partial charge in [-0.2, -0.15) is 0 Å². The number of piperidine rings is 1. The Labute approximate surface area is 162 Å².